The number of carbonyl (C=O) groups is 1. The van der Waals surface area contributed by atoms with Gasteiger partial charge in [-0.05, 0) is 55.8 Å². The van der Waals surface area contributed by atoms with Crippen LogP contribution >= 0.6 is 0 Å². The topological polar surface area (TPSA) is 88.6 Å². The van der Waals surface area contributed by atoms with Crippen LogP contribution in [0.3, 0.4) is 0 Å². The van der Waals surface area contributed by atoms with Crippen molar-refractivity contribution in [2.24, 2.45) is 0 Å². The van der Waals surface area contributed by atoms with Crippen molar-refractivity contribution in [3.05, 3.63) is 54.4 Å². The Morgan fingerprint density at radius 2 is 1.81 bits per heavy atom. The molecule has 8 heteroatoms. The molecular weight excluding hydrogens is 354 g/mol. The summed E-state index contributed by atoms with van der Waals surface area (Å²) in [6, 6.07) is 9.27. The maximum absolute atomic E-state index is 12.5. The van der Waals surface area contributed by atoms with Gasteiger partial charge in [0.2, 0.25) is 15.9 Å². The zero-order valence-electron chi connectivity index (χ0n) is 15.0. The van der Waals surface area contributed by atoms with Crippen molar-refractivity contribution in [3.63, 3.8) is 0 Å². The predicted molar refractivity (Wildman–Crippen MR) is 100 cm³/mol. The van der Waals surface area contributed by atoms with Gasteiger partial charge in [0.15, 0.2) is 0 Å². The molecule has 0 aliphatic heterocycles. The number of hydrogen-bond acceptors (Lipinski definition) is 5. The molecule has 0 spiro atoms. The Labute approximate surface area is 154 Å². The highest BCUT2D eigenvalue weighted by atomic mass is 32.2. The van der Waals surface area contributed by atoms with Crippen molar-refractivity contribution >= 4 is 21.6 Å². The largest absolute Gasteiger partial charge is 0.494 e. The first-order chi connectivity index (χ1) is 12.3. The van der Waals surface area contributed by atoms with E-state index in [1.165, 1.54) is 0 Å². The van der Waals surface area contributed by atoms with Crippen molar-refractivity contribution in [1.82, 2.24) is 10.3 Å². The molecule has 0 saturated carbocycles. The minimum Gasteiger partial charge on any atom is -0.494 e. The summed E-state index contributed by atoms with van der Waals surface area (Å²) in [4.78, 5) is 16.4. The number of aromatic nitrogens is 1. The highest BCUT2D eigenvalue weighted by Gasteiger charge is 2.28. The van der Waals surface area contributed by atoms with Crippen molar-refractivity contribution in [2.45, 2.75) is 26.4 Å². The van der Waals surface area contributed by atoms with Gasteiger partial charge in [-0.15, -0.1) is 0 Å². The van der Waals surface area contributed by atoms with Gasteiger partial charge in [0, 0.05) is 18.9 Å². The number of rotatable bonds is 8. The van der Waals surface area contributed by atoms with Crippen molar-refractivity contribution < 1.29 is 17.9 Å². The Morgan fingerprint density at radius 1 is 1.19 bits per heavy atom. The smallest absolute Gasteiger partial charge is 0.243 e. The zero-order chi connectivity index (χ0) is 19.2. The Balaban J connectivity index is 2.16. The first kappa shape index (κ1) is 19.7. The Hall–Kier alpha value is -2.61. The van der Waals surface area contributed by atoms with E-state index >= 15 is 0 Å². The molecule has 0 fully saturated rings. The number of sulfonamides is 1. The normalized spacial score (nSPS) is 12.3. The molecule has 1 atom stereocenters. The lowest BCUT2D eigenvalue weighted by Crippen LogP contribution is -2.47. The molecule has 140 valence electrons. The van der Waals surface area contributed by atoms with Crippen LogP contribution in [-0.4, -0.2) is 38.2 Å². The molecule has 0 radical (unpaired) electrons. The summed E-state index contributed by atoms with van der Waals surface area (Å²) in [5, 5.41) is 2.76. The number of benzene rings is 1. The Morgan fingerprint density at radius 3 is 2.35 bits per heavy atom. The van der Waals surface area contributed by atoms with E-state index < -0.39 is 16.1 Å². The fourth-order valence-electron chi connectivity index (χ4n) is 2.50. The maximum atomic E-state index is 12.5. The molecule has 26 heavy (non-hydrogen) atoms. The third kappa shape index (κ3) is 5.19. The predicted octanol–water partition coefficient (Wildman–Crippen LogP) is 1.95. The molecule has 2 aromatic rings. The van der Waals surface area contributed by atoms with Gasteiger partial charge in [0.25, 0.3) is 0 Å². The number of anilines is 1. The van der Waals surface area contributed by atoms with Crippen molar-refractivity contribution in [1.29, 1.82) is 0 Å². The van der Waals surface area contributed by atoms with Gasteiger partial charge in [-0.1, -0.05) is 0 Å². The fraction of sp³-hybridized carbons (Fsp3) is 0.333. The summed E-state index contributed by atoms with van der Waals surface area (Å²) in [6.45, 7) is 4.24. The number of hydrogen-bond donors (Lipinski definition) is 1. The summed E-state index contributed by atoms with van der Waals surface area (Å²) in [7, 11) is -3.65. The van der Waals surface area contributed by atoms with E-state index in [-0.39, 0.29) is 5.91 Å². The van der Waals surface area contributed by atoms with E-state index in [4.69, 9.17) is 4.74 Å². The van der Waals surface area contributed by atoms with Crippen LogP contribution in [0.5, 0.6) is 5.75 Å². The lowest BCUT2D eigenvalue weighted by molar-refractivity contribution is -0.122. The quantitative estimate of drug-likeness (QED) is 0.760. The summed E-state index contributed by atoms with van der Waals surface area (Å²) in [6.07, 6.45) is 4.34. The SMILES string of the molecule is CCOc1ccc(N([C@H](C)C(=O)NCc2ccncc2)S(C)(=O)=O)cc1. The molecule has 0 saturated heterocycles. The molecule has 1 aromatic heterocycles. The second-order valence-corrected chi connectivity index (χ2v) is 7.59. The van der Waals surface area contributed by atoms with Gasteiger partial charge in [0.1, 0.15) is 11.8 Å². The molecule has 1 amide bonds. The molecule has 7 nitrogen and oxygen atoms in total. The van der Waals surface area contributed by atoms with Crippen LogP contribution < -0.4 is 14.4 Å². The van der Waals surface area contributed by atoms with E-state index in [2.05, 4.69) is 10.3 Å². The van der Waals surface area contributed by atoms with Gasteiger partial charge in [-0.3, -0.25) is 14.1 Å². The Kier molecular flexibility index (Phi) is 6.57. The van der Waals surface area contributed by atoms with Gasteiger partial charge >= 0.3 is 0 Å². The maximum Gasteiger partial charge on any atom is 0.243 e. The number of pyridine rings is 1. The zero-order valence-corrected chi connectivity index (χ0v) is 15.9. The van der Waals surface area contributed by atoms with Crippen LogP contribution in [0, 0.1) is 0 Å². The molecule has 1 N–H and O–H groups in total. The van der Waals surface area contributed by atoms with E-state index in [1.54, 1.807) is 55.7 Å². The van der Waals surface area contributed by atoms with Crippen LogP contribution in [-0.2, 0) is 21.4 Å². The van der Waals surface area contributed by atoms with Crippen LogP contribution in [0.1, 0.15) is 19.4 Å². The second kappa shape index (κ2) is 8.66. The van der Waals surface area contributed by atoms with Gasteiger partial charge in [0.05, 0.1) is 18.6 Å². The van der Waals surface area contributed by atoms with E-state index in [0.717, 1.165) is 16.1 Å². The van der Waals surface area contributed by atoms with Crippen LogP contribution in [0.4, 0.5) is 5.69 Å². The molecular formula is C18H23N3O4S. The molecule has 0 aliphatic carbocycles. The molecule has 1 aromatic carbocycles. The molecule has 0 unspecified atom stereocenters. The van der Waals surface area contributed by atoms with Crippen LogP contribution in [0.2, 0.25) is 0 Å². The second-order valence-electron chi connectivity index (χ2n) is 5.73. The highest BCUT2D eigenvalue weighted by molar-refractivity contribution is 7.92. The molecule has 1 heterocycles. The molecule has 0 aliphatic rings. The van der Waals surface area contributed by atoms with E-state index in [0.29, 0.717) is 24.6 Å². The number of ether oxygens (including phenoxy) is 1. The third-order valence-electron chi connectivity index (χ3n) is 3.71. The molecule has 2 rings (SSSR count). The number of nitrogens with zero attached hydrogens (tertiary/aromatic N) is 2. The summed E-state index contributed by atoms with van der Waals surface area (Å²) >= 11 is 0. The standard InChI is InChI=1S/C18H23N3O4S/c1-4-25-17-7-5-16(6-8-17)21(26(3,23)24)14(2)18(22)20-13-15-9-11-19-12-10-15/h5-12,14H,4,13H2,1-3H3,(H,20,22)/t14-/m1/s1. The lowest BCUT2D eigenvalue weighted by Gasteiger charge is -2.28. The van der Waals surface area contributed by atoms with Crippen molar-refractivity contribution in [2.75, 3.05) is 17.2 Å². The fourth-order valence-corrected chi connectivity index (χ4v) is 3.68. The molecule has 0 bridgehead atoms. The highest BCUT2D eigenvalue weighted by Crippen LogP contribution is 2.24. The average molecular weight is 377 g/mol. The average Bonchev–Trinajstić information content (AvgIpc) is 2.61. The van der Waals surface area contributed by atoms with Crippen LogP contribution in [0.25, 0.3) is 0 Å². The summed E-state index contributed by atoms with van der Waals surface area (Å²) < 4.78 is 31.0. The lowest BCUT2D eigenvalue weighted by atomic mass is 10.2. The number of amides is 1. The van der Waals surface area contributed by atoms with E-state index in [1.807, 2.05) is 6.92 Å². The first-order valence-corrected chi connectivity index (χ1v) is 10.1. The summed E-state index contributed by atoms with van der Waals surface area (Å²) in [5.74, 6) is 0.251. The summed E-state index contributed by atoms with van der Waals surface area (Å²) in [5.41, 5.74) is 1.29. The third-order valence-corrected chi connectivity index (χ3v) is 4.95. The minimum atomic E-state index is -3.65. The van der Waals surface area contributed by atoms with Gasteiger partial charge < -0.3 is 10.1 Å². The van der Waals surface area contributed by atoms with Crippen molar-refractivity contribution in [3.8, 4) is 5.75 Å². The van der Waals surface area contributed by atoms with Gasteiger partial charge in [-0.25, -0.2) is 8.42 Å². The van der Waals surface area contributed by atoms with Gasteiger partial charge in [-0.2, -0.15) is 0 Å². The number of nitrogens with one attached hydrogen (secondary N) is 1. The Bertz CT molecular complexity index is 823. The number of carbonyl (C=O) groups excluding carboxylic acids is 1. The van der Waals surface area contributed by atoms with E-state index in [9.17, 15) is 13.2 Å². The van der Waals surface area contributed by atoms with Crippen LogP contribution in [0.15, 0.2) is 48.8 Å². The monoisotopic (exact) mass is 377 g/mol. The minimum absolute atomic E-state index is 0.298. The first-order valence-electron chi connectivity index (χ1n) is 8.21.